The van der Waals surface area contributed by atoms with Crippen molar-refractivity contribution in [2.45, 2.75) is 24.8 Å². The maximum atomic E-state index is 13.3. The molecule has 2 heterocycles. The molecule has 0 spiro atoms. The molecule has 0 aliphatic carbocycles. The third-order valence-corrected chi connectivity index (χ3v) is 7.90. The zero-order valence-corrected chi connectivity index (χ0v) is 19.9. The minimum Gasteiger partial charge on any atom is -0.497 e. The lowest BCUT2D eigenvalue weighted by Crippen LogP contribution is -2.31. The second-order valence-corrected chi connectivity index (χ2v) is 10.7. The van der Waals surface area contributed by atoms with Crippen molar-refractivity contribution < 1.29 is 17.9 Å². The van der Waals surface area contributed by atoms with E-state index in [4.69, 9.17) is 4.74 Å². The number of carbonyl (C=O) groups is 1. The van der Waals surface area contributed by atoms with Crippen LogP contribution < -0.4 is 9.64 Å². The minimum atomic E-state index is -3.63. The van der Waals surface area contributed by atoms with Crippen molar-refractivity contribution in [1.29, 1.82) is 0 Å². The van der Waals surface area contributed by atoms with Gasteiger partial charge in [0.1, 0.15) is 5.75 Å². The van der Waals surface area contributed by atoms with Crippen molar-refractivity contribution >= 4 is 42.4 Å². The van der Waals surface area contributed by atoms with Crippen molar-refractivity contribution in [2.24, 2.45) is 0 Å². The summed E-state index contributed by atoms with van der Waals surface area (Å²) in [7, 11) is -2.12. The van der Waals surface area contributed by atoms with Crippen LogP contribution in [0.25, 0.3) is 10.2 Å². The topological polar surface area (TPSA) is 89.5 Å². The van der Waals surface area contributed by atoms with Gasteiger partial charge in [0, 0.05) is 18.8 Å². The third kappa shape index (κ3) is 5.37. The molecule has 9 heteroatoms. The predicted molar refractivity (Wildman–Crippen MR) is 129 cm³/mol. The second kappa shape index (κ2) is 9.68. The molecule has 0 aliphatic heterocycles. The second-order valence-electron chi connectivity index (χ2n) is 7.55. The number of anilines is 1. The highest BCUT2D eigenvalue weighted by Gasteiger charge is 2.24. The molecule has 0 bridgehead atoms. The summed E-state index contributed by atoms with van der Waals surface area (Å²) >= 11 is 1.41. The molecule has 4 aromatic rings. The SMILES string of the molecule is COc1ccc(S(=O)(=O)CCC(=O)N(Cc2cccnc2)c2nc3ccc(C)cc3s2)cc1. The summed E-state index contributed by atoms with van der Waals surface area (Å²) in [5.74, 6) is -0.0448. The molecule has 7 nitrogen and oxygen atoms in total. The summed E-state index contributed by atoms with van der Waals surface area (Å²) in [4.78, 5) is 23.7. The number of pyridine rings is 1. The number of ether oxygens (including phenoxy) is 1. The van der Waals surface area contributed by atoms with Crippen molar-refractivity contribution in [3.05, 3.63) is 78.1 Å². The number of aromatic nitrogens is 2. The Hall–Kier alpha value is -3.30. The van der Waals surface area contributed by atoms with Gasteiger partial charge in [-0.05, 0) is 60.5 Å². The molecule has 33 heavy (non-hydrogen) atoms. The highest BCUT2D eigenvalue weighted by Crippen LogP contribution is 2.31. The highest BCUT2D eigenvalue weighted by atomic mass is 32.2. The van der Waals surface area contributed by atoms with E-state index in [0.717, 1.165) is 21.3 Å². The van der Waals surface area contributed by atoms with Crippen LogP contribution in [-0.2, 0) is 21.2 Å². The van der Waals surface area contributed by atoms with Crippen LogP contribution in [0.4, 0.5) is 5.13 Å². The Bertz CT molecular complexity index is 1370. The zero-order valence-electron chi connectivity index (χ0n) is 18.3. The predicted octanol–water partition coefficient (Wildman–Crippen LogP) is 4.41. The van der Waals surface area contributed by atoms with E-state index in [1.54, 1.807) is 35.5 Å². The van der Waals surface area contributed by atoms with Crippen molar-refractivity contribution in [2.75, 3.05) is 17.8 Å². The Morgan fingerprint density at radius 2 is 1.91 bits per heavy atom. The molecule has 0 unspecified atom stereocenters. The number of amides is 1. The average Bonchev–Trinajstić information content (AvgIpc) is 3.24. The van der Waals surface area contributed by atoms with Gasteiger partial charge in [0.25, 0.3) is 0 Å². The molecule has 0 fully saturated rings. The molecule has 4 rings (SSSR count). The van der Waals surface area contributed by atoms with Gasteiger partial charge in [-0.1, -0.05) is 23.5 Å². The Balaban J connectivity index is 1.58. The smallest absolute Gasteiger partial charge is 0.230 e. The monoisotopic (exact) mass is 481 g/mol. The van der Waals surface area contributed by atoms with Crippen LogP contribution in [0.5, 0.6) is 5.75 Å². The quantitative estimate of drug-likeness (QED) is 0.370. The van der Waals surface area contributed by atoms with Gasteiger partial charge in [-0.2, -0.15) is 0 Å². The molecule has 0 atom stereocenters. The number of rotatable bonds is 8. The molecule has 0 saturated heterocycles. The summed E-state index contributed by atoms with van der Waals surface area (Å²) in [6, 6.07) is 15.7. The summed E-state index contributed by atoms with van der Waals surface area (Å²) in [5, 5.41) is 0.534. The number of hydrogen-bond acceptors (Lipinski definition) is 7. The van der Waals surface area contributed by atoms with E-state index in [9.17, 15) is 13.2 Å². The van der Waals surface area contributed by atoms with E-state index in [0.29, 0.717) is 10.9 Å². The van der Waals surface area contributed by atoms with Crippen LogP contribution in [0.15, 0.2) is 71.9 Å². The largest absolute Gasteiger partial charge is 0.497 e. The lowest BCUT2D eigenvalue weighted by Gasteiger charge is -2.20. The van der Waals surface area contributed by atoms with Gasteiger partial charge in [0.05, 0.1) is 34.5 Å². The molecule has 1 amide bonds. The van der Waals surface area contributed by atoms with Crippen LogP contribution in [0.2, 0.25) is 0 Å². The lowest BCUT2D eigenvalue weighted by molar-refractivity contribution is -0.118. The number of methoxy groups -OCH3 is 1. The number of benzene rings is 2. The number of carbonyl (C=O) groups excluding carboxylic acids is 1. The maximum Gasteiger partial charge on any atom is 0.230 e. The minimum absolute atomic E-state index is 0.158. The molecule has 2 aromatic carbocycles. The summed E-state index contributed by atoms with van der Waals surface area (Å²) in [6.07, 6.45) is 3.19. The Kier molecular flexibility index (Phi) is 6.71. The molecule has 0 radical (unpaired) electrons. The average molecular weight is 482 g/mol. The number of fused-ring (bicyclic) bond motifs is 1. The fourth-order valence-electron chi connectivity index (χ4n) is 3.33. The first kappa shape index (κ1) is 22.9. The highest BCUT2D eigenvalue weighted by molar-refractivity contribution is 7.91. The van der Waals surface area contributed by atoms with Crippen LogP contribution in [-0.4, -0.2) is 37.2 Å². The van der Waals surface area contributed by atoms with E-state index < -0.39 is 9.84 Å². The summed E-state index contributed by atoms with van der Waals surface area (Å²) < 4.78 is 31.6. The Labute approximate surface area is 196 Å². The van der Waals surface area contributed by atoms with Crippen LogP contribution in [0, 0.1) is 6.92 Å². The van der Waals surface area contributed by atoms with Gasteiger partial charge < -0.3 is 4.74 Å². The van der Waals surface area contributed by atoms with Gasteiger partial charge in [-0.25, -0.2) is 13.4 Å². The Morgan fingerprint density at radius 1 is 1.12 bits per heavy atom. The molecule has 0 saturated carbocycles. The van der Waals surface area contributed by atoms with Crippen molar-refractivity contribution in [1.82, 2.24) is 9.97 Å². The molecular formula is C24H23N3O4S2. The Morgan fingerprint density at radius 3 is 2.61 bits per heavy atom. The number of sulfone groups is 1. The van der Waals surface area contributed by atoms with Crippen LogP contribution in [0.3, 0.4) is 0 Å². The molecule has 0 aliphatic rings. The first-order valence-corrected chi connectivity index (χ1v) is 12.8. The fourth-order valence-corrected chi connectivity index (χ4v) is 5.64. The molecule has 0 N–H and O–H groups in total. The van der Waals surface area contributed by atoms with Gasteiger partial charge in [0.15, 0.2) is 15.0 Å². The van der Waals surface area contributed by atoms with Crippen LogP contribution in [0.1, 0.15) is 17.5 Å². The molecule has 2 aromatic heterocycles. The molecular weight excluding hydrogens is 458 g/mol. The number of hydrogen-bond donors (Lipinski definition) is 0. The van der Waals surface area contributed by atoms with Crippen molar-refractivity contribution in [3.63, 3.8) is 0 Å². The normalized spacial score (nSPS) is 11.5. The van der Waals surface area contributed by atoms with Gasteiger partial charge in [0.2, 0.25) is 5.91 Å². The standard InChI is InChI=1S/C24H23N3O4S2/c1-17-5-10-21-22(14-17)32-24(26-21)27(16-18-4-3-12-25-15-18)23(28)11-13-33(29,30)20-8-6-19(31-2)7-9-20/h3-10,12,14-15H,11,13,16H2,1-2H3. The van der Waals surface area contributed by atoms with E-state index in [1.807, 2.05) is 31.2 Å². The first-order chi connectivity index (χ1) is 15.9. The van der Waals surface area contributed by atoms with Crippen LogP contribution >= 0.6 is 11.3 Å². The summed E-state index contributed by atoms with van der Waals surface area (Å²) in [5.41, 5.74) is 2.74. The number of thiazole rings is 1. The van der Waals surface area contributed by atoms with Gasteiger partial charge >= 0.3 is 0 Å². The van der Waals surface area contributed by atoms with E-state index in [2.05, 4.69) is 9.97 Å². The van der Waals surface area contributed by atoms with E-state index >= 15 is 0 Å². The number of aryl methyl sites for hydroxylation is 1. The van der Waals surface area contributed by atoms with E-state index in [1.165, 1.54) is 30.6 Å². The van der Waals surface area contributed by atoms with Gasteiger partial charge in [-0.15, -0.1) is 0 Å². The van der Waals surface area contributed by atoms with Gasteiger partial charge in [-0.3, -0.25) is 14.7 Å². The zero-order chi connectivity index (χ0) is 23.4. The fraction of sp³-hybridized carbons (Fsp3) is 0.208. The van der Waals surface area contributed by atoms with Crippen molar-refractivity contribution in [3.8, 4) is 5.75 Å². The third-order valence-electron chi connectivity index (χ3n) is 5.13. The maximum absolute atomic E-state index is 13.3. The first-order valence-electron chi connectivity index (χ1n) is 10.3. The summed E-state index contributed by atoms with van der Waals surface area (Å²) in [6.45, 7) is 2.26. The van der Waals surface area contributed by atoms with E-state index in [-0.39, 0.29) is 29.5 Å². The number of nitrogens with zero attached hydrogens (tertiary/aromatic N) is 3. The lowest BCUT2D eigenvalue weighted by atomic mass is 10.2. The molecule has 170 valence electrons.